The van der Waals surface area contributed by atoms with E-state index in [1.165, 1.54) is 6.26 Å². The maximum atomic E-state index is 12.9. The van der Waals surface area contributed by atoms with E-state index in [4.69, 9.17) is 4.42 Å². The Balaban J connectivity index is 1.43. The zero-order valence-electron chi connectivity index (χ0n) is 15.2. The Morgan fingerprint density at radius 1 is 0.821 bits per heavy atom. The van der Waals surface area contributed by atoms with E-state index in [0.29, 0.717) is 37.4 Å². The van der Waals surface area contributed by atoms with Gasteiger partial charge in [-0.1, -0.05) is 6.07 Å². The van der Waals surface area contributed by atoms with Crippen LogP contribution in [0.25, 0.3) is 0 Å². The van der Waals surface area contributed by atoms with E-state index in [1.807, 2.05) is 0 Å². The summed E-state index contributed by atoms with van der Waals surface area (Å²) >= 11 is 0. The Hall–Kier alpha value is -3.42. The highest BCUT2D eigenvalue weighted by Gasteiger charge is 2.31. The van der Waals surface area contributed by atoms with E-state index < -0.39 is 0 Å². The number of benzene rings is 1. The van der Waals surface area contributed by atoms with E-state index in [-0.39, 0.29) is 42.2 Å². The lowest BCUT2D eigenvalue weighted by Gasteiger charge is -2.34. The molecule has 0 radical (unpaired) electrons. The summed E-state index contributed by atoms with van der Waals surface area (Å²) < 4.78 is 5.14. The summed E-state index contributed by atoms with van der Waals surface area (Å²) in [5.41, 5.74) is 0.834. The van der Waals surface area contributed by atoms with Gasteiger partial charge in [-0.25, -0.2) is 0 Å². The summed E-state index contributed by atoms with van der Waals surface area (Å²) in [4.78, 5) is 53.5. The number of amides is 4. The molecule has 4 amide bonds. The number of hydrogen-bond acceptors (Lipinski definition) is 5. The van der Waals surface area contributed by atoms with Crippen LogP contribution in [-0.2, 0) is 9.59 Å². The van der Waals surface area contributed by atoms with E-state index in [9.17, 15) is 19.2 Å². The molecule has 8 nitrogen and oxygen atoms in total. The second kappa shape index (κ2) is 7.30. The van der Waals surface area contributed by atoms with Gasteiger partial charge in [-0.15, -0.1) is 0 Å². The van der Waals surface area contributed by atoms with Gasteiger partial charge in [0.25, 0.3) is 11.8 Å². The Kier molecular flexibility index (Phi) is 4.68. The summed E-state index contributed by atoms with van der Waals surface area (Å²) in [6, 6.07) is 9.83. The van der Waals surface area contributed by atoms with Crippen LogP contribution in [0.15, 0.2) is 47.1 Å². The van der Waals surface area contributed by atoms with Gasteiger partial charge in [-0.05, 0) is 30.3 Å². The summed E-state index contributed by atoms with van der Waals surface area (Å²) in [6.07, 6.45) is 1.85. The maximum Gasteiger partial charge on any atom is 0.289 e. The molecule has 0 aliphatic carbocycles. The largest absolute Gasteiger partial charge is 0.459 e. The quantitative estimate of drug-likeness (QED) is 0.752. The predicted molar refractivity (Wildman–Crippen MR) is 98.7 cm³/mol. The van der Waals surface area contributed by atoms with Gasteiger partial charge in [-0.3, -0.25) is 24.1 Å². The van der Waals surface area contributed by atoms with Crippen LogP contribution >= 0.6 is 0 Å². The van der Waals surface area contributed by atoms with Crippen LogP contribution in [0, 0.1) is 0 Å². The fourth-order valence-corrected chi connectivity index (χ4v) is 3.49. The first-order valence-corrected chi connectivity index (χ1v) is 9.12. The summed E-state index contributed by atoms with van der Waals surface area (Å²) in [5, 5.41) is 0. The minimum Gasteiger partial charge on any atom is -0.459 e. The van der Waals surface area contributed by atoms with Crippen LogP contribution < -0.4 is 4.90 Å². The number of carbonyl (C=O) groups excluding carboxylic acids is 4. The van der Waals surface area contributed by atoms with Crippen LogP contribution in [0.2, 0.25) is 0 Å². The number of anilines is 1. The fraction of sp³-hybridized carbons (Fsp3) is 0.300. The standard InChI is InChI=1S/C20H19N3O5/c24-17-6-7-18(25)23(17)15-4-1-3-14(13-15)19(26)21-8-10-22(11-9-21)20(27)16-5-2-12-28-16/h1-5,12-13H,6-11H2. The van der Waals surface area contributed by atoms with Crippen molar-refractivity contribution in [1.29, 1.82) is 0 Å². The van der Waals surface area contributed by atoms with Crippen molar-refractivity contribution in [3.63, 3.8) is 0 Å². The Morgan fingerprint density at radius 3 is 2.07 bits per heavy atom. The van der Waals surface area contributed by atoms with Gasteiger partial charge < -0.3 is 14.2 Å². The predicted octanol–water partition coefficient (Wildman–Crippen LogP) is 1.53. The van der Waals surface area contributed by atoms with Gasteiger partial charge in [0, 0.05) is 44.6 Å². The lowest BCUT2D eigenvalue weighted by molar-refractivity contribution is -0.121. The number of carbonyl (C=O) groups is 4. The molecule has 1 aromatic heterocycles. The van der Waals surface area contributed by atoms with Crippen LogP contribution in [0.3, 0.4) is 0 Å². The second-order valence-electron chi connectivity index (χ2n) is 6.73. The van der Waals surface area contributed by atoms with Gasteiger partial charge >= 0.3 is 0 Å². The number of piperazine rings is 1. The van der Waals surface area contributed by atoms with Gasteiger partial charge in [0.05, 0.1) is 12.0 Å². The highest BCUT2D eigenvalue weighted by molar-refractivity contribution is 6.20. The van der Waals surface area contributed by atoms with Crippen molar-refractivity contribution in [3.8, 4) is 0 Å². The summed E-state index contributed by atoms with van der Waals surface area (Å²) in [6.45, 7) is 1.62. The molecule has 0 unspecified atom stereocenters. The molecule has 0 saturated carbocycles. The van der Waals surface area contributed by atoms with Crippen LogP contribution in [0.4, 0.5) is 5.69 Å². The average molecular weight is 381 g/mol. The fourth-order valence-electron chi connectivity index (χ4n) is 3.49. The van der Waals surface area contributed by atoms with Crippen molar-refractivity contribution in [1.82, 2.24) is 9.80 Å². The number of nitrogens with zero attached hydrogens (tertiary/aromatic N) is 3. The Labute approximate surface area is 161 Å². The van der Waals surface area contributed by atoms with Gasteiger partial charge in [0.15, 0.2) is 5.76 Å². The van der Waals surface area contributed by atoms with Crippen molar-refractivity contribution in [2.24, 2.45) is 0 Å². The third kappa shape index (κ3) is 3.28. The monoisotopic (exact) mass is 381 g/mol. The molecule has 2 aromatic rings. The SMILES string of the molecule is O=C(c1cccc(N2C(=O)CCC2=O)c1)N1CCN(C(=O)c2ccco2)CC1. The first-order chi connectivity index (χ1) is 13.5. The molecule has 0 spiro atoms. The first kappa shape index (κ1) is 18.0. The molecule has 28 heavy (non-hydrogen) atoms. The molecule has 2 saturated heterocycles. The minimum absolute atomic E-state index is 0.189. The van der Waals surface area contributed by atoms with Crippen LogP contribution in [-0.4, -0.2) is 59.6 Å². The van der Waals surface area contributed by atoms with Crippen molar-refractivity contribution in [2.45, 2.75) is 12.8 Å². The number of furan rings is 1. The third-order valence-corrected chi connectivity index (χ3v) is 4.99. The molecule has 0 atom stereocenters. The van der Waals surface area contributed by atoms with Crippen LogP contribution in [0.5, 0.6) is 0 Å². The second-order valence-corrected chi connectivity index (χ2v) is 6.73. The smallest absolute Gasteiger partial charge is 0.289 e. The Bertz CT molecular complexity index is 913. The number of rotatable bonds is 3. The molecule has 2 aliphatic heterocycles. The topological polar surface area (TPSA) is 91.1 Å². The molecule has 0 N–H and O–H groups in total. The third-order valence-electron chi connectivity index (χ3n) is 4.99. The number of hydrogen-bond donors (Lipinski definition) is 0. The minimum atomic E-state index is -0.250. The molecule has 3 heterocycles. The Morgan fingerprint density at radius 2 is 1.46 bits per heavy atom. The number of imide groups is 1. The molecule has 144 valence electrons. The summed E-state index contributed by atoms with van der Waals surface area (Å²) in [5.74, 6) is -0.595. The van der Waals surface area contributed by atoms with E-state index in [1.54, 1.807) is 46.2 Å². The van der Waals surface area contributed by atoms with Crippen LogP contribution in [0.1, 0.15) is 33.8 Å². The molecule has 0 bridgehead atoms. The molecule has 2 aliphatic rings. The van der Waals surface area contributed by atoms with Crippen molar-refractivity contribution in [2.75, 3.05) is 31.1 Å². The average Bonchev–Trinajstić information content (AvgIpc) is 3.37. The zero-order chi connectivity index (χ0) is 19.7. The van der Waals surface area contributed by atoms with E-state index in [0.717, 1.165) is 4.90 Å². The highest BCUT2D eigenvalue weighted by Crippen LogP contribution is 2.24. The lowest BCUT2D eigenvalue weighted by atomic mass is 10.1. The molecule has 4 rings (SSSR count). The highest BCUT2D eigenvalue weighted by atomic mass is 16.3. The van der Waals surface area contributed by atoms with Crippen molar-refractivity contribution >= 4 is 29.3 Å². The van der Waals surface area contributed by atoms with Gasteiger partial charge in [-0.2, -0.15) is 0 Å². The van der Waals surface area contributed by atoms with E-state index >= 15 is 0 Å². The lowest BCUT2D eigenvalue weighted by Crippen LogP contribution is -2.50. The van der Waals surface area contributed by atoms with Crippen molar-refractivity contribution in [3.05, 3.63) is 54.0 Å². The zero-order valence-corrected chi connectivity index (χ0v) is 15.2. The van der Waals surface area contributed by atoms with Crippen molar-refractivity contribution < 1.29 is 23.6 Å². The summed E-state index contributed by atoms with van der Waals surface area (Å²) in [7, 11) is 0. The molecule has 2 fully saturated rings. The first-order valence-electron chi connectivity index (χ1n) is 9.12. The van der Waals surface area contributed by atoms with E-state index in [2.05, 4.69) is 0 Å². The normalized spacial score (nSPS) is 17.4. The molecular formula is C20H19N3O5. The van der Waals surface area contributed by atoms with Gasteiger partial charge in [0.1, 0.15) is 0 Å². The maximum absolute atomic E-state index is 12.9. The molecule has 1 aromatic carbocycles. The van der Waals surface area contributed by atoms with Gasteiger partial charge in [0.2, 0.25) is 11.8 Å². The molecular weight excluding hydrogens is 362 g/mol. The molecule has 8 heteroatoms.